The third-order valence-corrected chi connectivity index (χ3v) is 5.76. The van der Waals surface area contributed by atoms with Gasteiger partial charge in [-0.3, -0.25) is 14.2 Å². The molecule has 0 unspecified atom stereocenters. The van der Waals surface area contributed by atoms with E-state index in [9.17, 15) is 23.6 Å². The van der Waals surface area contributed by atoms with E-state index in [0.717, 1.165) is 11.3 Å². The molecule has 0 aliphatic carbocycles. The van der Waals surface area contributed by atoms with Crippen molar-refractivity contribution in [3.63, 3.8) is 0 Å². The van der Waals surface area contributed by atoms with E-state index in [1.807, 2.05) is 6.07 Å². The lowest BCUT2D eigenvalue weighted by molar-refractivity contribution is -0.111. The first-order chi connectivity index (χ1) is 16.9. The van der Waals surface area contributed by atoms with Crippen LogP contribution in [0.15, 0.2) is 66.0 Å². The van der Waals surface area contributed by atoms with Crippen molar-refractivity contribution in [3.05, 3.63) is 86.3 Å². The van der Waals surface area contributed by atoms with Gasteiger partial charge in [-0.05, 0) is 31.2 Å². The largest absolute Gasteiger partial charge is 0.492 e. The van der Waals surface area contributed by atoms with Gasteiger partial charge in [-0.1, -0.05) is 36.4 Å². The third kappa shape index (κ3) is 6.02. The fourth-order valence-corrected chi connectivity index (χ4v) is 4.28. The molecule has 0 radical (unpaired) electrons. The number of hydrogen-bond acceptors (Lipinski definition) is 6. The fourth-order valence-electron chi connectivity index (χ4n) is 3.18. The summed E-state index contributed by atoms with van der Waals surface area (Å²) in [5.74, 6) is -0.409. The Bertz CT molecular complexity index is 1450. The Morgan fingerprint density at radius 2 is 1.91 bits per heavy atom. The summed E-state index contributed by atoms with van der Waals surface area (Å²) in [6.45, 7) is 2.80. The second-order valence-electron chi connectivity index (χ2n) is 6.91. The van der Waals surface area contributed by atoms with Gasteiger partial charge < -0.3 is 14.8 Å². The summed E-state index contributed by atoms with van der Waals surface area (Å²) >= 11 is 0.887. The molecule has 180 valence electrons. The Morgan fingerprint density at radius 1 is 1.23 bits per heavy atom. The van der Waals surface area contributed by atoms with Gasteiger partial charge in [-0.15, -0.1) is 17.9 Å². The number of alkyl halides is 2. The van der Waals surface area contributed by atoms with Crippen LogP contribution in [0.1, 0.15) is 12.5 Å². The topological polar surface area (TPSA) is 93.4 Å². The molecule has 0 saturated carbocycles. The highest BCUT2D eigenvalue weighted by molar-refractivity contribution is 7.07. The van der Waals surface area contributed by atoms with E-state index < -0.39 is 18.1 Å². The summed E-state index contributed by atoms with van der Waals surface area (Å²) < 4.78 is 37.0. The van der Waals surface area contributed by atoms with Crippen molar-refractivity contribution in [2.75, 3.05) is 11.9 Å². The van der Waals surface area contributed by atoms with Crippen molar-refractivity contribution < 1.29 is 23.0 Å². The van der Waals surface area contributed by atoms with E-state index in [1.165, 1.54) is 34.9 Å². The Kier molecular flexibility index (Phi) is 8.53. The molecule has 0 atom stereocenters. The number of carbonyl (C=O) groups is 1. The van der Waals surface area contributed by atoms with Crippen LogP contribution in [-0.4, -0.2) is 23.7 Å². The average molecular weight is 498 g/mol. The van der Waals surface area contributed by atoms with Gasteiger partial charge in [0.15, 0.2) is 5.57 Å². The molecule has 0 aliphatic heterocycles. The number of para-hydroxylation sites is 3. The first-order valence-corrected chi connectivity index (χ1v) is 11.2. The Morgan fingerprint density at radius 3 is 2.57 bits per heavy atom. The van der Waals surface area contributed by atoms with E-state index in [-0.39, 0.29) is 32.6 Å². The van der Waals surface area contributed by atoms with E-state index >= 15 is 0 Å². The number of rotatable bonds is 9. The van der Waals surface area contributed by atoms with Crippen LogP contribution in [0, 0.1) is 11.3 Å². The minimum atomic E-state index is -3.04. The summed E-state index contributed by atoms with van der Waals surface area (Å²) in [6, 6.07) is 14.6. The standard InChI is InChI=1S/C25H21F2N3O4S/c1-3-13-30-23(32)21(14-16-9-5-7-11-19(16)34-25(26)27)35-24(30)17(15-28)22(31)29-18-10-6-8-12-20(18)33-4-2/h3,5-12,14,25H,1,4,13H2,2H3,(H,29,31)/b21-14-,24-17-. The van der Waals surface area contributed by atoms with Gasteiger partial charge in [-0.2, -0.15) is 14.0 Å². The van der Waals surface area contributed by atoms with Crippen LogP contribution in [0.2, 0.25) is 0 Å². The van der Waals surface area contributed by atoms with Crippen molar-refractivity contribution in [2.45, 2.75) is 20.1 Å². The molecule has 0 spiro atoms. The molecule has 3 rings (SSSR count). The normalized spacial score (nSPS) is 12.1. The molecule has 1 aromatic heterocycles. The first-order valence-electron chi connectivity index (χ1n) is 10.4. The number of halogens is 2. The summed E-state index contributed by atoms with van der Waals surface area (Å²) in [7, 11) is 0. The number of carbonyl (C=O) groups excluding carboxylic acids is 1. The van der Waals surface area contributed by atoms with Crippen LogP contribution in [0.5, 0.6) is 11.5 Å². The molecule has 0 aliphatic rings. The number of allylic oxidation sites excluding steroid dienone is 1. The molecule has 1 heterocycles. The highest BCUT2D eigenvalue weighted by Gasteiger charge is 2.18. The minimum absolute atomic E-state index is 0.0294. The van der Waals surface area contributed by atoms with Crippen LogP contribution < -0.4 is 29.5 Å². The Balaban J connectivity index is 2.16. The molecule has 10 heteroatoms. The predicted octanol–water partition coefficient (Wildman–Crippen LogP) is 3.24. The zero-order valence-corrected chi connectivity index (χ0v) is 19.5. The van der Waals surface area contributed by atoms with E-state index in [4.69, 9.17) is 4.74 Å². The number of nitrogens with one attached hydrogen (secondary N) is 1. The van der Waals surface area contributed by atoms with Crippen molar-refractivity contribution in [1.29, 1.82) is 5.26 Å². The lowest BCUT2D eigenvalue weighted by atomic mass is 10.2. The van der Waals surface area contributed by atoms with Crippen molar-refractivity contribution >= 4 is 34.6 Å². The van der Waals surface area contributed by atoms with E-state index in [1.54, 1.807) is 37.3 Å². The monoisotopic (exact) mass is 497 g/mol. The maximum atomic E-state index is 13.1. The molecule has 1 N–H and O–H groups in total. The molecule has 2 aromatic carbocycles. The summed E-state index contributed by atoms with van der Waals surface area (Å²) in [5, 5.41) is 12.5. The maximum absolute atomic E-state index is 13.1. The summed E-state index contributed by atoms with van der Waals surface area (Å²) in [4.78, 5) is 26.1. The number of thiazole rings is 1. The van der Waals surface area contributed by atoms with Crippen LogP contribution in [0.25, 0.3) is 11.6 Å². The molecule has 35 heavy (non-hydrogen) atoms. The van der Waals surface area contributed by atoms with E-state index in [2.05, 4.69) is 16.6 Å². The number of hydrogen-bond donors (Lipinski definition) is 1. The molecule has 3 aromatic rings. The van der Waals surface area contributed by atoms with Crippen LogP contribution >= 0.6 is 11.3 Å². The first kappa shape index (κ1) is 25.4. The van der Waals surface area contributed by atoms with Gasteiger partial charge in [0.2, 0.25) is 0 Å². The zero-order chi connectivity index (χ0) is 25.4. The minimum Gasteiger partial charge on any atom is -0.492 e. The molecule has 0 bridgehead atoms. The molecular formula is C25H21F2N3O4S. The van der Waals surface area contributed by atoms with Crippen LogP contribution in [0.4, 0.5) is 14.5 Å². The van der Waals surface area contributed by atoms with Gasteiger partial charge in [0.1, 0.15) is 22.2 Å². The molecular weight excluding hydrogens is 476 g/mol. The fraction of sp³-hybridized carbons (Fsp3) is 0.160. The third-order valence-electron chi connectivity index (χ3n) is 4.63. The van der Waals surface area contributed by atoms with Crippen molar-refractivity contribution in [2.24, 2.45) is 0 Å². The number of aromatic nitrogens is 1. The maximum Gasteiger partial charge on any atom is 0.387 e. The lowest BCUT2D eigenvalue weighted by Gasteiger charge is -2.10. The van der Waals surface area contributed by atoms with Gasteiger partial charge in [0.05, 0.1) is 16.8 Å². The van der Waals surface area contributed by atoms with Crippen LogP contribution in [0.3, 0.4) is 0 Å². The number of ether oxygens (including phenoxy) is 2. The lowest BCUT2D eigenvalue weighted by Crippen LogP contribution is -2.33. The second kappa shape index (κ2) is 11.8. The average Bonchev–Trinajstić information content (AvgIpc) is 3.12. The number of nitrogens with zero attached hydrogens (tertiary/aromatic N) is 2. The summed E-state index contributed by atoms with van der Waals surface area (Å²) in [6.07, 6.45) is 2.83. The highest BCUT2D eigenvalue weighted by atomic mass is 32.1. The number of amides is 1. The number of anilines is 1. The molecule has 7 nitrogen and oxygen atoms in total. The molecule has 1 amide bonds. The number of nitriles is 1. The SMILES string of the molecule is C=CCn1c(=O)/c(=C/c2ccccc2OC(F)F)s/c1=C(/C#N)C(=O)Nc1ccccc1OCC. The van der Waals surface area contributed by atoms with Crippen molar-refractivity contribution in [3.8, 4) is 17.6 Å². The summed E-state index contributed by atoms with van der Waals surface area (Å²) in [5.41, 5.74) is -0.188. The zero-order valence-electron chi connectivity index (χ0n) is 18.7. The predicted molar refractivity (Wildman–Crippen MR) is 130 cm³/mol. The second-order valence-corrected chi connectivity index (χ2v) is 7.94. The molecule has 0 saturated heterocycles. The quantitative estimate of drug-likeness (QED) is 0.458. The van der Waals surface area contributed by atoms with Gasteiger partial charge in [-0.25, -0.2) is 0 Å². The Hall–Kier alpha value is -4.23. The van der Waals surface area contributed by atoms with Gasteiger partial charge in [0.25, 0.3) is 11.5 Å². The highest BCUT2D eigenvalue weighted by Crippen LogP contribution is 2.24. The van der Waals surface area contributed by atoms with E-state index in [0.29, 0.717) is 18.0 Å². The smallest absolute Gasteiger partial charge is 0.387 e. The Labute approximate surface area is 203 Å². The van der Waals surface area contributed by atoms with Crippen LogP contribution in [-0.2, 0) is 11.3 Å². The van der Waals surface area contributed by atoms with Gasteiger partial charge in [0, 0.05) is 12.1 Å². The van der Waals surface area contributed by atoms with Crippen molar-refractivity contribution in [1.82, 2.24) is 4.57 Å². The number of benzene rings is 2. The van der Waals surface area contributed by atoms with Gasteiger partial charge >= 0.3 is 6.61 Å². The molecule has 0 fully saturated rings.